The van der Waals surface area contributed by atoms with Crippen LogP contribution >= 0.6 is 0 Å². The smallest absolute Gasteiger partial charge is 0.254 e. The summed E-state index contributed by atoms with van der Waals surface area (Å²) in [6.45, 7) is 5.97. The number of hydrogen-bond acceptors (Lipinski definition) is 3. The van der Waals surface area contributed by atoms with Crippen LogP contribution in [0.15, 0.2) is 23.2 Å². The van der Waals surface area contributed by atoms with E-state index in [9.17, 15) is 9.59 Å². The molecule has 3 rings (SSSR count). The predicted octanol–water partition coefficient (Wildman–Crippen LogP) is 2.19. The number of fused-ring (bicyclic) bond motifs is 1. The van der Waals surface area contributed by atoms with Crippen molar-refractivity contribution in [1.29, 1.82) is 0 Å². The number of amidine groups is 1. The van der Waals surface area contributed by atoms with E-state index < -0.39 is 5.41 Å². The second-order valence-corrected chi connectivity index (χ2v) is 8.37. The minimum absolute atomic E-state index is 0.000789. The summed E-state index contributed by atoms with van der Waals surface area (Å²) in [5.41, 5.74) is 13.9. The maximum atomic E-state index is 12.9. The van der Waals surface area contributed by atoms with Crippen LogP contribution in [0.25, 0.3) is 0 Å². The van der Waals surface area contributed by atoms with Gasteiger partial charge in [-0.25, -0.2) is 0 Å². The molecular formula is C20H28N4O2. The van der Waals surface area contributed by atoms with E-state index in [4.69, 9.17) is 11.5 Å². The number of carbonyl (C=O) groups excluding carboxylic acids is 2. The van der Waals surface area contributed by atoms with Crippen molar-refractivity contribution in [1.82, 2.24) is 4.90 Å². The summed E-state index contributed by atoms with van der Waals surface area (Å²) in [5.74, 6) is -0.135. The third kappa shape index (κ3) is 3.51. The average Bonchev–Trinajstić information content (AvgIpc) is 2.90. The first-order valence-corrected chi connectivity index (χ1v) is 9.27. The maximum Gasteiger partial charge on any atom is 0.254 e. The van der Waals surface area contributed by atoms with Crippen LogP contribution < -0.4 is 11.5 Å². The van der Waals surface area contributed by atoms with Gasteiger partial charge >= 0.3 is 0 Å². The lowest BCUT2D eigenvalue weighted by molar-refractivity contribution is -0.124. The normalized spacial score (nSPS) is 23.9. The van der Waals surface area contributed by atoms with Crippen LogP contribution in [0.2, 0.25) is 0 Å². The second-order valence-electron chi connectivity index (χ2n) is 8.37. The Labute approximate surface area is 154 Å². The molecule has 0 saturated heterocycles. The van der Waals surface area contributed by atoms with E-state index in [2.05, 4.69) is 4.99 Å². The number of carbonyl (C=O) groups is 2. The van der Waals surface area contributed by atoms with Crippen molar-refractivity contribution < 1.29 is 9.59 Å². The highest BCUT2D eigenvalue weighted by molar-refractivity contribution is 6.07. The molecule has 26 heavy (non-hydrogen) atoms. The minimum atomic E-state index is -0.592. The standard InChI is InChI=1S/C20H28N4O2/c1-20(2,3)19(26)23-17(22)12-8-9-13-11-24(18(25)14(13)10-12)16-7-5-4-6-15(16)21/h8-10,15-16H,4-7,11,21H2,1-3H3,(H2,22,23,26)/t15?,16-/m0/s1. The number of benzene rings is 1. The lowest BCUT2D eigenvalue weighted by Gasteiger charge is -2.35. The van der Waals surface area contributed by atoms with E-state index in [1.165, 1.54) is 0 Å². The molecule has 1 saturated carbocycles. The van der Waals surface area contributed by atoms with E-state index in [0.717, 1.165) is 31.2 Å². The van der Waals surface area contributed by atoms with Crippen LogP contribution in [0.4, 0.5) is 0 Å². The Morgan fingerprint density at radius 3 is 2.58 bits per heavy atom. The van der Waals surface area contributed by atoms with Gasteiger partial charge in [0.25, 0.3) is 11.8 Å². The Hall–Kier alpha value is -2.21. The van der Waals surface area contributed by atoms with Crippen LogP contribution in [0.3, 0.4) is 0 Å². The van der Waals surface area contributed by atoms with Gasteiger partial charge in [-0.2, -0.15) is 4.99 Å². The van der Waals surface area contributed by atoms with Crippen molar-refractivity contribution in [2.75, 3.05) is 0 Å². The van der Waals surface area contributed by atoms with Crippen molar-refractivity contribution in [3.63, 3.8) is 0 Å². The first-order chi connectivity index (χ1) is 12.2. The predicted molar refractivity (Wildman–Crippen MR) is 102 cm³/mol. The molecule has 1 aliphatic carbocycles. The molecule has 1 fully saturated rings. The second kappa shape index (κ2) is 6.83. The lowest BCUT2D eigenvalue weighted by Crippen LogP contribution is -2.49. The van der Waals surface area contributed by atoms with Gasteiger partial charge in [0.2, 0.25) is 0 Å². The number of nitrogens with zero attached hydrogens (tertiary/aromatic N) is 2. The van der Waals surface area contributed by atoms with Gasteiger partial charge in [-0.3, -0.25) is 9.59 Å². The summed E-state index contributed by atoms with van der Waals surface area (Å²) in [4.78, 5) is 30.9. The SMILES string of the molecule is CC(C)(C)C(=O)N=C(N)c1ccc2c(c1)C(=O)N([C@H]1CCCCC1N)C2. The number of hydrogen-bond donors (Lipinski definition) is 2. The van der Waals surface area contributed by atoms with Crippen molar-refractivity contribution in [3.05, 3.63) is 34.9 Å². The zero-order valence-corrected chi connectivity index (χ0v) is 15.8. The van der Waals surface area contributed by atoms with Gasteiger partial charge in [-0.05, 0) is 24.5 Å². The van der Waals surface area contributed by atoms with Gasteiger partial charge in [0.1, 0.15) is 5.84 Å². The van der Waals surface area contributed by atoms with Gasteiger partial charge in [-0.15, -0.1) is 0 Å². The largest absolute Gasteiger partial charge is 0.383 e. The van der Waals surface area contributed by atoms with E-state index in [0.29, 0.717) is 17.7 Å². The van der Waals surface area contributed by atoms with Crippen LogP contribution in [-0.4, -0.2) is 34.6 Å². The lowest BCUT2D eigenvalue weighted by atomic mass is 9.90. The summed E-state index contributed by atoms with van der Waals surface area (Å²) in [7, 11) is 0. The molecule has 2 aliphatic rings. The van der Waals surface area contributed by atoms with Gasteiger partial charge < -0.3 is 16.4 Å². The first-order valence-electron chi connectivity index (χ1n) is 9.27. The highest BCUT2D eigenvalue weighted by Gasteiger charge is 2.36. The van der Waals surface area contributed by atoms with E-state index >= 15 is 0 Å². The molecule has 1 unspecified atom stereocenters. The zero-order valence-electron chi connectivity index (χ0n) is 15.8. The molecule has 2 atom stereocenters. The molecule has 1 aromatic rings. The number of amides is 2. The molecule has 1 aliphatic heterocycles. The Morgan fingerprint density at radius 2 is 1.92 bits per heavy atom. The molecule has 1 heterocycles. The summed E-state index contributed by atoms with van der Waals surface area (Å²) in [5, 5.41) is 0. The minimum Gasteiger partial charge on any atom is -0.383 e. The van der Waals surface area contributed by atoms with Gasteiger partial charge in [0.15, 0.2) is 0 Å². The van der Waals surface area contributed by atoms with Gasteiger partial charge in [-0.1, -0.05) is 45.7 Å². The van der Waals surface area contributed by atoms with E-state index in [1.807, 2.05) is 17.0 Å². The van der Waals surface area contributed by atoms with Crippen molar-refractivity contribution in [3.8, 4) is 0 Å². The van der Waals surface area contributed by atoms with Crippen molar-refractivity contribution in [2.24, 2.45) is 21.9 Å². The summed E-state index contributed by atoms with van der Waals surface area (Å²) in [6, 6.07) is 5.62. The Bertz CT molecular complexity index is 764. The molecular weight excluding hydrogens is 328 g/mol. The monoisotopic (exact) mass is 356 g/mol. The van der Waals surface area contributed by atoms with E-state index in [-0.39, 0.29) is 29.7 Å². The highest BCUT2D eigenvalue weighted by atomic mass is 16.2. The molecule has 4 N–H and O–H groups in total. The average molecular weight is 356 g/mol. The molecule has 0 aromatic heterocycles. The topological polar surface area (TPSA) is 102 Å². The van der Waals surface area contributed by atoms with Crippen LogP contribution in [-0.2, 0) is 11.3 Å². The summed E-state index contributed by atoms with van der Waals surface area (Å²) in [6.07, 6.45) is 4.16. The number of nitrogens with two attached hydrogens (primary N) is 2. The van der Waals surface area contributed by atoms with Gasteiger partial charge in [0, 0.05) is 35.2 Å². The Kier molecular flexibility index (Phi) is 4.88. The fraction of sp³-hybridized carbons (Fsp3) is 0.550. The number of rotatable bonds is 2. The highest BCUT2D eigenvalue weighted by Crippen LogP contribution is 2.31. The van der Waals surface area contributed by atoms with Gasteiger partial charge in [0.05, 0.1) is 0 Å². The fourth-order valence-electron chi connectivity index (χ4n) is 3.62. The third-order valence-electron chi connectivity index (χ3n) is 5.28. The molecule has 2 amide bonds. The molecule has 6 nitrogen and oxygen atoms in total. The van der Waals surface area contributed by atoms with Crippen LogP contribution in [0.1, 0.15) is 67.9 Å². The van der Waals surface area contributed by atoms with E-state index in [1.54, 1.807) is 26.8 Å². The van der Waals surface area contributed by atoms with Crippen molar-refractivity contribution >= 4 is 17.6 Å². The molecule has 0 bridgehead atoms. The molecule has 6 heteroatoms. The maximum absolute atomic E-state index is 12.9. The van der Waals surface area contributed by atoms with Crippen LogP contribution in [0, 0.1) is 5.41 Å². The molecule has 140 valence electrons. The van der Waals surface area contributed by atoms with Crippen molar-refractivity contribution in [2.45, 2.75) is 65.1 Å². The number of aliphatic imine (C=N–C) groups is 1. The quantitative estimate of drug-likeness (QED) is 0.626. The fourth-order valence-corrected chi connectivity index (χ4v) is 3.62. The van der Waals surface area contributed by atoms with Crippen LogP contribution in [0.5, 0.6) is 0 Å². The third-order valence-corrected chi connectivity index (χ3v) is 5.28. The molecule has 0 radical (unpaired) electrons. The Balaban J connectivity index is 1.84. The molecule has 1 aromatic carbocycles. The first kappa shape index (κ1) is 18.6. The summed E-state index contributed by atoms with van der Waals surface area (Å²) < 4.78 is 0. The molecule has 0 spiro atoms. The zero-order chi connectivity index (χ0) is 19.1. The Morgan fingerprint density at radius 1 is 1.23 bits per heavy atom. The summed E-state index contributed by atoms with van der Waals surface area (Å²) >= 11 is 0.